The Kier molecular flexibility index (Phi) is 6.55. The lowest BCUT2D eigenvalue weighted by Gasteiger charge is -2.36. The quantitative estimate of drug-likeness (QED) is 0.175. The van der Waals surface area contributed by atoms with Crippen molar-refractivity contribution in [3.8, 4) is 22.3 Å². The number of rotatable bonds is 5. The summed E-state index contributed by atoms with van der Waals surface area (Å²) in [5, 5.41) is 2.47. The van der Waals surface area contributed by atoms with Crippen LogP contribution in [-0.4, -0.2) is 4.57 Å². The molecule has 0 unspecified atom stereocenters. The van der Waals surface area contributed by atoms with Gasteiger partial charge in [0.2, 0.25) is 0 Å². The molecule has 0 saturated carbocycles. The molecule has 1 heterocycles. The molecule has 0 spiro atoms. The molecule has 2 aliphatic rings. The van der Waals surface area contributed by atoms with Crippen LogP contribution in [0.1, 0.15) is 41.7 Å². The summed E-state index contributed by atoms with van der Waals surface area (Å²) in [6.45, 7) is 4.72. The molecule has 2 nitrogen and oxygen atoms in total. The van der Waals surface area contributed by atoms with Crippen LogP contribution in [0.2, 0.25) is 0 Å². The molecule has 9 aromatic rings. The Labute approximate surface area is 316 Å². The van der Waals surface area contributed by atoms with Crippen molar-refractivity contribution in [3.05, 3.63) is 222 Å². The van der Waals surface area contributed by atoms with Crippen molar-refractivity contribution >= 4 is 38.9 Å². The first-order valence-electron chi connectivity index (χ1n) is 19.0. The van der Waals surface area contributed by atoms with Crippen molar-refractivity contribution in [2.75, 3.05) is 4.90 Å². The molecule has 2 aliphatic carbocycles. The molecule has 0 amide bonds. The van der Waals surface area contributed by atoms with Crippen LogP contribution < -0.4 is 4.90 Å². The average molecular weight is 691 g/mol. The van der Waals surface area contributed by atoms with Gasteiger partial charge in [-0.1, -0.05) is 166 Å². The Morgan fingerprint density at radius 2 is 0.963 bits per heavy atom. The Morgan fingerprint density at radius 1 is 0.407 bits per heavy atom. The first kappa shape index (κ1) is 30.9. The van der Waals surface area contributed by atoms with Gasteiger partial charge in [0.15, 0.2) is 0 Å². The van der Waals surface area contributed by atoms with Crippen LogP contribution in [0.4, 0.5) is 17.1 Å². The summed E-state index contributed by atoms with van der Waals surface area (Å²) in [6.07, 6.45) is 0. The summed E-state index contributed by atoms with van der Waals surface area (Å²) in [6, 6.07) is 71.9. The average Bonchev–Trinajstić information content (AvgIpc) is 3.80. The van der Waals surface area contributed by atoms with Crippen LogP contribution in [0.25, 0.3) is 44.1 Å². The van der Waals surface area contributed by atoms with E-state index in [2.05, 4.69) is 217 Å². The number of benzene rings is 8. The molecule has 0 bridgehead atoms. The fourth-order valence-electron chi connectivity index (χ4n) is 9.96. The topological polar surface area (TPSA) is 8.17 Å². The van der Waals surface area contributed by atoms with Gasteiger partial charge in [-0.2, -0.15) is 0 Å². The van der Waals surface area contributed by atoms with Gasteiger partial charge in [-0.3, -0.25) is 0 Å². The Bertz CT molecular complexity index is 2870. The van der Waals surface area contributed by atoms with Gasteiger partial charge in [-0.15, -0.1) is 0 Å². The van der Waals surface area contributed by atoms with E-state index >= 15 is 0 Å². The number of hydrogen-bond donors (Lipinski definition) is 0. The standard InChI is InChI=1S/C52H38N2/c1-51(2)43-26-13-11-25-41(43)50-46(51)29-17-31-49(50)53(36-20-7-4-8-21-36)37-32-33-48-42(34-37)40-24-12-16-30-47(40)54(48)52(35-18-5-3-6-19-35)44-27-14-9-22-38(44)39-23-10-15-28-45(39)52/h3-34H,1-2H3. The van der Waals surface area contributed by atoms with Crippen LogP contribution in [0.15, 0.2) is 194 Å². The number of aromatic nitrogens is 1. The minimum absolute atomic E-state index is 0.0959. The summed E-state index contributed by atoms with van der Waals surface area (Å²) < 4.78 is 2.63. The highest BCUT2D eigenvalue weighted by molar-refractivity contribution is 6.11. The van der Waals surface area contributed by atoms with Gasteiger partial charge in [0, 0.05) is 33.1 Å². The normalized spacial score (nSPS) is 14.4. The summed E-state index contributed by atoms with van der Waals surface area (Å²) in [7, 11) is 0. The highest BCUT2D eigenvalue weighted by Crippen LogP contribution is 2.57. The smallest absolute Gasteiger partial charge is 0.122 e. The van der Waals surface area contributed by atoms with Crippen LogP contribution >= 0.6 is 0 Å². The molecule has 8 aromatic carbocycles. The Morgan fingerprint density at radius 3 is 1.69 bits per heavy atom. The second-order valence-corrected chi connectivity index (χ2v) is 15.3. The van der Waals surface area contributed by atoms with Crippen LogP contribution in [0.5, 0.6) is 0 Å². The predicted molar refractivity (Wildman–Crippen MR) is 225 cm³/mol. The predicted octanol–water partition coefficient (Wildman–Crippen LogP) is 13.4. The van der Waals surface area contributed by atoms with Crippen LogP contribution in [0.3, 0.4) is 0 Å². The van der Waals surface area contributed by atoms with Gasteiger partial charge in [-0.05, 0) is 87.0 Å². The second kappa shape index (κ2) is 11.4. The summed E-state index contributed by atoms with van der Waals surface area (Å²) in [5.74, 6) is 0. The van der Waals surface area contributed by atoms with Crippen LogP contribution in [-0.2, 0) is 11.0 Å². The van der Waals surface area contributed by atoms with Gasteiger partial charge in [0.1, 0.15) is 5.54 Å². The number of fused-ring (bicyclic) bond motifs is 9. The van der Waals surface area contributed by atoms with E-state index in [4.69, 9.17) is 0 Å². The molecule has 0 aliphatic heterocycles. The molecule has 0 saturated heterocycles. The van der Waals surface area contributed by atoms with Gasteiger partial charge in [-0.25, -0.2) is 0 Å². The van der Waals surface area contributed by atoms with Gasteiger partial charge in [0.25, 0.3) is 0 Å². The van der Waals surface area contributed by atoms with E-state index in [-0.39, 0.29) is 5.41 Å². The van der Waals surface area contributed by atoms with Crippen molar-refractivity contribution in [1.82, 2.24) is 4.57 Å². The van der Waals surface area contributed by atoms with Crippen molar-refractivity contribution in [2.24, 2.45) is 0 Å². The number of anilines is 3. The van der Waals surface area contributed by atoms with E-state index < -0.39 is 5.54 Å². The fourth-order valence-corrected chi connectivity index (χ4v) is 9.96. The first-order chi connectivity index (χ1) is 26.6. The van der Waals surface area contributed by atoms with E-state index in [1.54, 1.807) is 0 Å². The molecule has 256 valence electrons. The minimum atomic E-state index is -0.577. The molecule has 1 aromatic heterocycles. The summed E-state index contributed by atoms with van der Waals surface area (Å²) in [4.78, 5) is 2.47. The van der Waals surface area contributed by atoms with Gasteiger partial charge < -0.3 is 9.47 Å². The van der Waals surface area contributed by atoms with Crippen LogP contribution in [0, 0.1) is 0 Å². The third kappa shape index (κ3) is 4.06. The van der Waals surface area contributed by atoms with E-state index in [9.17, 15) is 0 Å². The fraction of sp³-hybridized carbons (Fsp3) is 0.0769. The molecular formula is C52H38N2. The third-order valence-electron chi connectivity index (χ3n) is 12.2. The number of hydrogen-bond acceptors (Lipinski definition) is 1. The second-order valence-electron chi connectivity index (χ2n) is 15.3. The van der Waals surface area contributed by atoms with Crippen molar-refractivity contribution < 1.29 is 0 Å². The van der Waals surface area contributed by atoms with Crippen molar-refractivity contribution in [2.45, 2.75) is 24.8 Å². The van der Waals surface area contributed by atoms with Crippen molar-refractivity contribution in [1.29, 1.82) is 0 Å². The molecule has 0 atom stereocenters. The summed E-state index contributed by atoms with van der Waals surface area (Å²) in [5.41, 5.74) is 17.0. The highest BCUT2D eigenvalue weighted by Gasteiger charge is 2.47. The molecule has 54 heavy (non-hydrogen) atoms. The molecule has 2 heteroatoms. The van der Waals surface area contributed by atoms with Crippen molar-refractivity contribution in [3.63, 3.8) is 0 Å². The lowest BCUT2D eigenvalue weighted by Crippen LogP contribution is -2.35. The Hall–Kier alpha value is -6.64. The zero-order valence-corrected chi connectivity index (χ0v) is 30.4. The van der Waals surface area contributed by atoms with E-state index in [1.807, 2.05) is 0 Å². The molecule has 11 rings (SSSR count). The lowest BCUT2D eigenvalue weighted by molar-refractivity contribution is 0.564. The minimum Gasteiger partial charge on any atom is -0.322 e. The molecule has 0 fully saturated rings. The first-order valence-corrected chi connectivity index (χ1v) is 19.0. The SMILES string of the molecule is CC1(C)c2ccccc2-c2c(N(c3ccccc3)c3ccc4c(c3)c3ccccc3n4C3(c4ccccc4)c4ccccc4-c4ccccc43)cccc21. The van der Waals surface area contributed by atoms with Gasteiger partial charge in [0.05, 0.1) is 16.7 Å². The lowest BCUT2D eigenvalue weighted by atomic mass is 9.80. The molecule has 0 radical (unpaired) electrons. The largest absolute Gasteiger partial charge is 0.322 e. The zero-order valence-electron chi connectivity index (χ0n) is 30.4. The third-order valence-corrected chi connectivity index (χ3v) is 12.2. The number of para-hydroxylation sites is 2. The van der Waals surface area contributed by atoms with E-state index in [1.165, 1.54) is 77.6 Å². The maximum Gasteiger partial charge on any atom is 0.122 e. The Balaban J connectivity index is 1.22. The van der Waals surface area contributed by atoms with E-state index in [0.717, 1.165) is 11.4 Å². The van der Waals surface area contributed by atoms with Gasteiger partial charge >= 0.3 is 0 Å². The maximum absolute atomic E-state index is 2.63. The monoisotopic (exact) mass is 690 g/mol. The van der Waals surface area contributed by atoms with E-state index in [0.29, 0.717) is 0 Å². The molecule has 0 N–H and O–H groups in total. The maximum atomic E-state index is 2.63. The summed E-state index contributed by atoms with van der Waals surface area (Å²) >= 11 is 0. The number of nitrogens with zero attached hydrogens (tertiary/aromatic N) is 2. The highest BCUT2D eigenvalue weighted by atomic mass is 15.1. The zero-order chi connectivity index (χ0) is 36.0. The molecular weight excluding hydrogens is 653 g/mol.